The van der Waals surface area contributed by atoms with Gasteiger partial charge in [-0.2, -0.15) is 0 Å². The van der Waals surface area contributed by atoms with Crippen molar-refractivity contribution in [3.8, 4) is 0 Å². The highest BCUT2D eigenvalue weighted by molar-refractivity contribution is 6.09. The molecule has 0 heterocycles. The zero-order chi connectivity index (χ0) is 10.3. The molecule has 1 heteroatoms. The molecule has 70 valence electrons. The molecule has 0 aromatic rings. The average molecular weight is 174 g/mol. The Morgan fingerprint density at radius 1 is 1.46 bits per heavy atom. The van der Waals surface area contributed by atoms with Crippen LogP contribution in [0.5, 0.6) is 0 Å². The van der Waals surface area contributed by atoms with Gasteiger partial charge in [0.05, 0.1) is 7.85 Å². The fourth-order valence-electron chi connectivity index (χ4n) is 1.20. The highest BCUT2D eigenvalue weighted by Gasteiger charge is 1.99. The van der Waals surface area contributed by atoms with Crippen LogP contribution in [0, 0.1) is 5.92 Å². The van der Waals surface area contributed by atoms with Crippen molar-refractivity contribution in [3.63, 3.8) is 0 Å². The number of allylic oxidation sites excluding steroid dienone is 5. The quantitative estimate of drug-likeness (QED) is 0.440. The van der Waals surface area contributed by atoms with Gasteiger partial charge in [-0.1, -0.05) is 45.0 Å². The van der Waals surface area contributed by atoms with Gasteiger partial charge in [-0.3, -0.25) is 0 Å². The van der Waals surface area contributed by atoms with E-state index in [1.54, 1.807) is 0 Å². The second kappa shape index (κ2) is 6.76. The van der Waals surface area contributed by atoms with E-state index in [-0.39, 0.29) is 0 Å². The first-order valence-electron chi connectivity index (χ1n) is 4.80. The van der Waals surface area contributed by atoms with E-state index in [0.29, 0.717) is 12.2 Å². The summed E-state index contributed by atoms with van der Waals surface area (Å²) >= 11 is 0. The molecular formula is C12H19B. The summed E-state index contributed by atoms with van der Waals surface area (Å²) in [5, 5.41) is 0. The molecule has 2 radical (unpaired) electrons. The maximum Gasteiger partial charge on any atom is 0.0708 e. The van der Waals surface area contributed by atoms with E-state index in [9.17, 15) is 0 Å². The van der Waals surface area contributed by atoms with Gasteiger partial charge in [0.1, 0.15) is 0 Å². The topological polar surface area (TPSA) is 0 Å². The molecule has 0 saturated carbocycles. The van der Waals surface area contributed by atoms with Crippen LogP contribution in [0.25, 0.3) is 0 Å². The van der Waals surface area contributed by atoms with E-state index in [1.807, 2.05) is 12.2 Å². The Hall–Kier alpha value is -0.715. The van der Waals surface area contributed by atoms with Crippen LogP contribution in [-0.2, 0) is 0 Å². The van der Waals surface area contributed by atoms with E-state index in [1.165, 1.54) is 11.1 Å². The largest absolute Gasteiger partial charge is 0.0988 e. The molecule has 0 unspecified atom stereocenters. The van der Waals surface area contributed by atoms with Crippen LogP contribution in [0.4, 0.5) is 0 Å². The minimum absolute atomic E-state index is 0.601. The molecule has 0 N–H and O–H groups in total. The second-order valence-electron chi connectivity index (χ2n) is 3.65. The Labute approximate surface area is 83.8 Å². The van der Waals surface area contributed by atoms with Gasteiger partial charge in [0.15, 0.2) is 0 Å². The van der Waals surface area contributed by atoms with Gasteiger partial charge in [-0.25, -0.2) is 0 Å². The molecule has 0 rings (SSSR count). The fourth-order valence-corrected chi connectivity index (χ4v) is 1.20. The molecule has 0 aromatic carbocycles. The van der Waals surface area contributed by atoms with Gasteiger partial charge in [-0.15, -0.1) is 0 Å². The summed E-state index contributed by atoms with van der Waals surface area (Å²) in [6.45, 7) is 10.3. The molecule has 0 aliphatic carbocycles. The predicted molar refractivity (Wildman–Crippen MR) is 62.1 cm³/mol. The Morgan fingerprint density at radius 2 is 2.08 bits per heavy atom. The average Bonchev–Trinajstić information content (AvgIpc) is 2.09. The van der Waals surface area contributed by atoms with E-state index in [2.05, 4.69) is 33.4 Å². The van der Waals surface area contributed by atoms with Crippen molar-refractivity contribution in [3.05, 3.63) is 36.0 Å². The van der Waals surface area contributed by atoms with E-state index >= 15 is 0 Å². The van der Waals surface area contributed by atoms with Gasteiger partial charge < -0.3 is 0 Å². The first-order chi connectivity index (χ1) is 6.11. The van der Waals surface area contributed by atoms with Crippen molar-refractivity contribution in [2.24, 2.45) is 5.92 Å². The highest BCUT2D eigenvalue weighted by atomic mass is 14.0. The smallest absolute Gasteiger partial charge is 0.0708 e. The Bertz CT molecular complexity index is 209. The monoisotopic (exact) mass is 174 g/mol. The predicted octanol–water partition coefficient (Wildman–Crippen LogP) is 3.68. The van der Waals surface area contributed by atoms with Gasteiger partial charge in [-0.05, 0) is 30.4 Å². The lowest BCUT2D eigenvalue weighted by Gasteiger charge is -2.07. The van der Waals surface area contributed by atoms with Crippen LogP contribution < -0.4 is 0 Å². The molecular weight excluding hydrogens is 155 g/mol. The molecule has 0 aromatic heterocycles. The normalized spacial score (nSPS) is 13.5. The maximum absolute atomic E-state index is 5.38. The van der Waals surface area contributed by atoms with Crippen molar-refractivity contribution in [1.29, 1.82) is 0 Å². The van der Waals surface area contributed by atoms with E-state index < -0.39 is 0 Å². The summed E-state index contributed by atoms with van der Waals surface area (Å²) in [7, 11) is 5.38. The number of hydrogen-bond acceptors (Lipinski definition) is 0. The van der Waals surface area contributed by atoms with E-state index in [4.69, 9.17) is 7.85 Å². The van der Waals surface area contributed by atoms with Crippen LogP contribution in [0.15, 0.2) is 36.0 Å². The molecule has 13 heavy (non-hydrogen) atoms. The van der Waals surface area contributed by atoms with Crippen molar-refractivity contribution in [2.45, 2.75) is 33.5 Å². The summed E-state index contributed by atoms with van der Waals surface area (Å²) in [5.41, 5.74) is 2.59. The number of hydrogen-bond donors (Lipinski definition) is 0. The summed E-state index contributed by atoms with van der Waals surface area (Å²) in [6, 6.07) is 0. The van der Waals surface area contributed by atoms with Crippen LogP contribution in [0.1, 0.15) is 27.2 Å². The number of rotatable bonds is 5. The van der Waals surface area contributed by atoms with Crippen molar-refractivity contribution < 1.29 is 0 Å². The molecule has 0 amide bonds. The third-order valence-corrected chi connectivity index (χ3v) is 1.89. The first-order valence-corrected chi connectivity index (χ1v) is 4.80. The van der Waals surface area contributed by atoms with Crippen LogP contribution in [0.2, 0.25) is 6.32 Å². The van der Waals surface area contributed by atoms with Gasteiger partial charge in [0.25, 0.3) is 0 Å². The Balaban J connectivity index is 4.48. The third kappa shape index (κ3) is 5.51. The molecule has 0 atom stereocenters. The third-order valence-electron chi connectivity index (χ3n) is 1.89. The fraction of sp³-hybridized carbons (Fsp3) is 0.500. The summed E-state index contributed by atoms with van der Waals surface area (Å²) in [4.78, 5) is 0. The molecule has 0 nitrogen and oxygen atoms in total. The first kappa shape index (κ1) is 12.3. The van der Waals surface area contributed by atoms with Crippen LogP contribution in [0.3, 0.4) is 0 Å². The molecule has 0 bridgehead atoms. The minimum Gasteiger partial charge on any atom is -0.0988 e. The van der Waals surface area contributed by atoms with Crippen molar-refractivity contribution in [2.75, 3.05) is 0 Å². The molecule has 0 spiro atoms. The van der Waals surface area contributed by atoms with Crippen LogP contribution in [-0.4, -0.2) is 7.85 Å². The zero-order valence-electron chi connectivity index (χ0n) is 9.01. The molecule has 0 saturated heterocycles. The van der Waals surface area contributed by atoms with E-state index in [0.717, 1.165) is 6.42 Å². The summed E-state index contributed by atoms with van der Waals surface area (Å²) in [6.07, 6.45) is 7.67. The summed E-state index contributed by atoms with van der Waals surface area (Å²) in [5.74, 6) is 0.675. The molecule has 0 aliphatic rings. The second-order valence-corrected chi connectivity index (χ2v) is 3.65. The lowest BCUT2D eigenvalue weighted by Crippen LogP contribution is -1.91. The van der Waals surface area contributed by atoms with Gasteiger partial charge in [0, 0.05) is 0 Å². The van der Waals surface area contributed by atoms with Crippen molar-refractivity contribution in [1.82, 2.24) is 0 Å². The zero-order valence-corrected chi connectivity index (χ0v) is 9.01. The Morgan fingerprint density at radius 3 is 2.46 bits per heavy atom. The van der Waals surface area contributed by atoms with Crippen molar-refractivity contribution >= 4 is 7.85 Å². The molecule has 0 fully saturated rings. The molecule has 0 aliphatic heterocycles. The standard InChI is InChI=1S/C12H19B/c1-5-12(9-10(2)3)11(4)7-6-8-13/h5-7,10H,1,8-9H2,2-4H3/b7-6-,12-11+. The Kier molecular flexibility index (Phi) is 6.39. The van der Waals surface area contributed by atoms with Crippen LogP contribution >= 0.6 is 0 Å². The van der Waals surface area contributed by atoms with Gasteiger partial charge in [0.2, 0.25) is 0 Å². The SMILES string of the molecule is [B]C/C=C\C(C)=C(/C=C)CC(C)C. The lowest BCUT2D eigenvalue weighted by atomic mass is 9.97. The maximum atomic E-state index is 5.38. The lowest BCUT2D eigenvalue weighted by molar-refractivity contribution is 0.647. The minimum atomic E-state index is 0.601. The van der Waals surface area contributed by atoms with Gasteiger partial charge >= 0.3 is 0 Å². The highest BCUT2D eigenvalue weighted by Crippen LogP contribution is 2.16. The summed E-state index contributed by atoms with van der Waals surface area (Å²) < 4.78 is 0.